The molecule has 1 fully saturated rings. The van der Waals surface area contributed by atoms with Gasteiger partial charge in [-0.05, 0) is 49.3 Å². The van der Waals surface area contributed by atoms with E-state index in [4.69, 9.17) is 11.6 Å². The van der Waals surface area contributed by atoms with Gasteiger partial charge in [-0.3, -0.25) is 4.79 Å². The fourth-order valence-corrected chi connectivity index (χ4v) is 3.39. The fraction of sp³-hybridized carbons (Fsp3) is 0.588. The Labute approximate surface area is 127 Å². The van der Waals surface area contributed by atoms with Gasteiger partial charge in [-0.15, -0.1) is 0 Å². The van der Waals surface area contributed by atoms with Gasteiger partial charge >= 0.3 is 0 Å². The van der Waals surface area contributed by atoms with Crippen molar-refractivity contribution in [3.63, 3.8) is 0 Å². The van der Waals surface area contributed by atoms with Gasteiger partial charge in [-0.2, -0.15) is 0 Å². The summed E-state index contributed by atoms with van der Waals surface area (Å²) in [6, 6.07) is 7.93. The largest absolute Gasteiger partial charge is 0.342 e. The number of halogens is 1. The molecule has 0 spiro atoms. The highest BCUT2D eigenvalue weighted by Gasteiger charge is 2.28. The number of likely N-dealkylation sites (tertiary alicyclic amines) is 1. The lowest BCUT2D eigenvalue weighted by Gasteiger charge is -2.32. The topological polar surface area (TPSA) is 20.3 Å². The van der Waals surface area contributed by atoms with Crippen molar-refractivity contribution in [3.8, 4) is 0 Å². The van der Waals surface area contributed by atoms with E-state index in [2.05, 4.69) is 19.9 Å². The van der Waals surface area contributed by atoms with Crippen molar-refractivity contribution in [1.82, 2.24) is 4.90 Å². The molecular weight excluding hydrogens is 270 g/mol. The predicted molar refractivity (Wildman–Crippen MR) is 84.1 cm³/mol. The van der Waals surface area contributed by atoms with Crippen LogP contribution >= 0.6 is 11.6 Å². The summed E-state index contributed by atoms with van der Waals surface area (Å²) in [5.41, 5.74) is 1.18. The molecule has 1 aliphatic rings. The van der Waals surface area contributed by atoms with Gasteiger partial charge in [-0.1, -0.05) is 37.6 Å². The molecule has 3 heteroatoms. The number of amides is 1. The molecule has 0 N–H and O–H groups in total. The third-order valence-corrected chi connectivity index (χ3v) is 4.61. The zero-order valence-electron chi connectivity index (χ0n) is 12.4. The molecule has 0 bridgehead atoms. The minimum absolute atomic E-state index is 0.0246. The van der Waals surface area contributed by atoms with Crippen molar-refractivity contribution in [3.05, 3.63) is 34.9 Å². The highest BCUT2D eigenvalue weighted by Crippen LogP contribution is 2.31. The van der Waals surface area contributed by atoms with E-state index in [1.165, 1.54) is 12.0 Å². The maximum Gasteiger partial charge on any atom is 0.226 e. The quantitative estimate of drug-likeness (QED) is 0.801. The van der Waals surface area contributed by atoms with E-state index < -0.39 is 0 Å². The molecular formula is C17H24ClNO. The highest BCUT2D eigenvalue weighted by atomic mass is 35.5. The van der Waals surface area contributed by atoms with E-state index in [1.54, 1.807) is 0 Å². The van der Waals surface area contributed by atoms with Gasteiger partial charge in [0, 0.05) is 24.0 Å². The van der Waals surface area contributed by atoms with Crippen LogP contribution in [0.15, 0.2) is 24.3 Å². The molecule has 1 aliphatic heterocycles. The lowest BCUT2D eigenvalue weighted by Crippen LogP contribution is -2.40. The van der Waals surface area contributed by atoms with E-state index >= 15 is 0 Å². The Morgan fingerprint density at radius 1 is 1.30 bits per heavy atom. The summed E-state index contributed by atoms with van der Waals surface area (Å²) in [6.07, 6.45) is 4.50. The lowest BCUT2D eigenvalue weighted by molar-refractivity contribution is -0.136. The second-order valence-corrected chi connectivity index (χ2v) is 6.18. The number of hydrogen-bond acceptors (Lipinski definition) is 1. The molecule has 0 aliphatic carbocycles. The van der Waals surface area contributed by atoms with E-state index in [0.717, 1.165) is 37.4 Å². The van der Waals surface area contributed by atoms with E-state index in [9.17, 15) is 4.79 Å². The molecule has 2 atom stereocenters. The van der Waals surface area contributed by atoms with Crippen LogP contribution in [0.4, 0.5) is 0 Å². The molecule has 20 heavy (non-hydrogen) atoms. The summed E-state index contributed by atoms with van der Waals surface area (Å²) >= 11 is 6.08. The molecule has 1 aromatic carbocycles. The fourth-order valence-electron chi connectivity index (χ4n) is 3.19. The average Bonchev–Trinajstić information content (AvgIpc) is 2.48. The van der Waals surface area contributed by atoms with Crippen LogP contribution in [0.25, 0.3) is 0 Å². The Kier molecular flexibility index (Phi) is 5.47. The molecule has 110 valence electrons. The minimum atomic E-state index is 0.0246. The van der Waals surface area contributed by atoms with Gasteiger partial charge in [0.15, 0.2) is 0 Å². The minimum Gasteiger partial charge on any atom is -0.342 e. The monoisotopic (exact) mass is 293 g/mol. The summed E-state index contributed by atoms with van der Waals surface area (Å²) in [5, 5.41) is 0.749. The Balaban J connectivity index is 2.11. The van der Waals surface area contributed by atoms with Gasteiger partial charge in [0.2, 0.25) is 5.91 Å². The molecule has 1 aromatic rings. The Bertz CT molecular complexity index is 454. The number of carbonyl (C=O) groups is 1. The lowest BCUT2D eigenvalue weighted by atomic mass is 9.84. The van der Waals surface area contributed by atoms with Crippen molar-refractivity contribution in [1.29, 1.82) is 0 Å². The third-order valence-electron chi connectivity index (χ3n) is 4.38. The van der Waals surface area contributed by atoms with Crippen LogP contribution in [0, 0.1) is 5.92 Å². The SMILES string of the molecule is CCC(c1cccc(Cl)c1)C(C)C(=O)N1CCCCC1. The summed E-state index contributed by atoms with van der Waals surface area (Å²) < 4.78 is 0. The normalized spacial score (nSPS) is 18.6. The first-order chi connectivity index (χ1) is 9.63. The molecule has 1 heterocycles. The first-order valence-corrected chi connectivity index (χ1v) is 8.05. The van der Waals surface area contributed by atoms with Gasteiger partial charge in [0.1, 0.15) is 0 Å². The van der Waals surface area contributed by atoms with Crippen LogP contribution < -0.4 is 0 Å². The second-order valence-electron chi connectivity index (χ2n) is 5.74. The predicted octanol–water partition coefficient (Wildman–Crippen LogP) is 4.48. The number of hydrogen-bond donors (Lipinski definition) is 0. The van der Waals surface area contributed by atoms with Crippen molar-refractivity contribution in [2.75, 3.05) is 13.1 Å². The Morgan fingerprint density at radius 3 is 2.60 bits per heavy atom. The number of piperidine rings is 1. The Morgan fingerprint density at radius 2 is 2.00 bits per heavy atom. The molecule has 0 aromatic heterocycles. The van der Waals surface area contributed by atoms with Crippen molar-refractivity contribution >= 4 is 17.5 Å². The molecule has 2 nitrogen and oxygen atoms in total. The standard InChI is InChI=1S/C17H24ClNO/c1-3-16(14-8-7-9-15(18)12-14)13(2)17(20)19-10-5-4-6-11-19/h7-9,12-13,16H,3-6,10-11H2,1-2H3. The zero-order chi connectivity index (χ0) is 14.5. The first kappa shape index (κ1) is 15.4. The van der Waals surface area contributed by atoms with E-state index in [-0.39, 0.29) is 11.8 Å². The molecule has 0 saturated carbocycles. The smallest absolute Gasteiger partial charge is 0.226 e. The molecule has 2 rings (SSSR count). The first-order valence-electron chi connectivity index (χ1n) is 7.67. The number of carbonyl (C=O) groups excluding carboxylic acids is 1. The van der Waals surface area contributed by atoms with Crippen LogP contribution in [0.3, 0.4) is 0 Å². The van der Waals surface area contributed by atoms with Gasteiger partial charge in [0.25, 0.3) is 0 Å². The van der Waals surface area contributed by atoms with Crippen LogP contribution in [0.5, 0.6) is 0 Å². The maximum atomic E-state index is 12.6. The zero-order valence-corrected chi connectivity index (χ0v) is 13.2. The average molecular weight is 294 g/mol. The van der Waals surface area contributed by atoms with Crippen LogP contribution in [-0.2, 0) is 4.79 Å². The van der Waals surface area contributed by atoms with Crippen LogP contribution in [0.1, 0.15) is 51.0 Å². The van der Waals surface area contributed by atoms with Crippen molar-refractivity contribution in [2.24, 2.45) is 5.92 Å². The van der Waals surface area contributed by atoms with E-state index in [1.807, 2.05) is 23.1 Å². The summed E-state index contributed by atoms with van der Waals surface area (Å²) in [4.78, 5) is 14.7. The van der Waals surface area contributed by atoms with E-state index in [0.29, 0.717) is 5.91 Å². The summed E-state index contributed by atoms with van der Waals surface area (Å²) in [7, 11) is 0. The van der Waals surface area contributed by atoms with Gasteiger partial charge in [-0.25, -0.2) is 0 Å². The molecule has 2 unspecified atom stereocenters. The van der Waals surface area contributed by atoms with Crippen molar-refractivity contribution in [2.45, 2.75) is 45.4 Å². The number of rotatable bonds is 4. The molecule has 0 radical (unpaired) electrons. The maximum absolute atomic E-state index is 12.6. The number of nitrogens with zero attached hydrogens (tertiary/aromatic N) is 1. The number of benzene rings is 1. The van der Waals surface area contributed by atoms with Crippen molar-refractivity contribution < 1.29 is 4.79 Å². The van der Waals surface area contributed by atoms with Crippen LogP contribution in [-0.4, -0.2) is 23.9 Å². The molecule has 1 saturated heterocycles. The molecule has 1 amide bonds. The summed E-state index contributed by atoms with van der Waals surface area (Å²) in [6.45, 7) is 6.06. The summed E-state index contributed by atoms with van der Waals surface area (Å²) in [5.74, 6) is 0.580. The van der Waals surface area contributed by atoms with Gasteiger partial charge < -0.3 is 4.90 Å². The van der Waals surface area contributed by atoms with Gasteiger partial charge in [0.05, 0.1) is 0 Å². The second kappa shape index (κ2) is 7.12. The van der Waals surface area contributed by atoms with Crippen LogP contribution in [0.2, 0.25) is 5.02 Å². The highest BCUT2D eigenvalue weighted by molar-refractivity contribution is 6.30. The Hall–Kier alpha value is -1.02. The third kappa shape index (κ3) is 3.54.